The maximum absolute atomic E-state index is 5.08. The average Bonchev–Trinajstić information content (AvgIpc) is 2.80. The van der Waals surface area contributed by atoms with E-state index in [4.69, 9.17) is 4.99 Å². The van der Waals surface area contributed by atoms with Crippen LogP contribution in [-0.4, -0.2) is 20.1 Å². The molecule has 0 N–H and O–H groups in total. The van der Waals surface area contributed by atoms with E-state index >= 15 is 0 Å². The summed E-state index contributed by atoms with van der Waals surface area (Å²) < 4.78 is 0. The largest absolute Gasteiger partial charge is 0.289 e. The Morgan fingerprint density at radius 2 is 1.85 bits per heavy atom. The van der Waals surface area contributed by atoms with Gasteiger partial charge in [0.15, 0.2) is 0 Å². The minimum Gasteiger partial charge on any atom is -0.289 e. The van der Waals surface area contributed by atoms with Crippen LogP contribution in [-0.2, 0) is 0 Å². The topological polar surface area (TPSA) is 12.4 Å². The molecule has 1 spiro atoms. The predicted octanol–water partition coefficient (Wildman–Crippen LogP) is 2.19. The first-order valence-electron chi connectivity index (χ1n) is 8.34. The molecule has 0 heterocycles. The van der Waals surface area contributed by atoms with Crippen molar-refractivity contribution in [2.75, 3.05) is 0 Å². The summed E-state index contributed by atoms with van der Waals surface area (Å²) >= 11 is 0. The van der Waals surface area contributed by atoms with Crippen molar-refractivity contribution in [3.63, 3.8) is 0 Å². The lowest BCUT2D eigenvalue weighted by molar-refractivity contribution is 0.0000807. The highest BCUT2D eigenvalue weighted by molar-refractivity contribution is 6.32. The standard InChI is InChI=1S/C18H22BN/c19-16-3-1-2-11(4-16)10-20-17-12-5-14-7-15-6-13(17)9-18(14,15)8-12/h1-4,10,12-15,17H,5-9,19H2/b20-10+. The van der Waals surface area contributed by atoms with Crippen molar-refractivity contribution in [1.29, 1.82) is 0 Å². The summed E-state index contributed by atoms with van der Waals surface area (Å²) in [6, 6.07) is 9.37. The van der Waals surface area contributed by atoms with Crippen LogP contribution >= 0.6 is 0 Å². The number of fused-ring (bicyclic) bond motifs is 2. The number of hydrogen-bond acceptors (Lipinski definition) is 1. The van der Waals surface area contributed by atoms with Crippen LogP contribution in [0.25, 0.3) is 0 Å². The quantitative estimate of drug-likeness (QED) is 0.573. The Morgan fingerprint density at radius 1 is 1.10 bits per heavy atom. The summed E-state index contributed by atoms with van der Waals surface area (Å²) in [5.74, 6) is 3.99. The number of hydrogen-bond donors (Lipinski definition) is 0. The number of nitrogens with zero attached hydrogens (tertiary/aromatic N) is 1. The van der Waals surface area contributed by atoms with Crippen molar-refractivity contribution in [1.82, 2.24) is 0 Å². The average molecular weight is 263 g/mol. The predicted molar refractivity (Wildman–Crippen MR) is 85.5 cm³/mol. The molecule has 0 saturated heterocycles. The highest BCUT2D eigenvalue weighted by Gasteiger charge is 2.68. The lowest BCUT2D eigenvalue weighted by atomic mass is 9.56. The fraction of sp³-hybridized carbons (Fsp3) is 0.611. The molecule has 4 unspecified atom stereocenters. The first-order valence-corrected chi connectivity index (χ1v) is 8.34. The molecule has 20 heavy (non-hydrogen) atoms. The van der Waals surface area contributed by atoms with E-state index in [-0.39, 0.29) is 0 Å². The van der Waals surface area contributed by atoms with E-state index in [1.165, 1.54) is 36.7 Å². The highest BCUT2D eigenvalue weighted by Crippen LogP contribution is 2.75. The molecule has 0 amide bonds. The highest BCUT2D eigenvalue weighted by atomic mass is 14.9. The van der Waals surface area contributed by atoms with Gasteiger partial charge >= 0.3 is 0 Å². The second-order valence-corrected chi connectivity index (χ2v) is 7.95. The van der Waals surface area contributed by atoms with Crippen LogP contribution in [0.5, 0.6) is 0 Å². The van der Waals surface area contributed by atoms with Gasteiger partial charge in [-0.25, -0.2) is 0 Å². The molecule has 4 aliphatic carbocycles. The van der Waals surface area contributed by atoms with Crippen molar-refractivity contribution in [2.45, 2.75) is 38.1 Å². The van der Waals surface area contributed by atoms with Gasteiger partial charge in [0.2, 0.25) is 0 Å². The van der Waals surface area contributed by atoms with Gasteiger partial charge in [-0.3, -0.25) is 4.99 Å². The van der Waals surface area contributed by atoms with Crippen molar-refractivity contribution in [3.8, 4) is 0 Å². The van der Waals surface area contributed by atoms with E-state index in [1.807, 2.05) is 0 Å². The van der Waals surface area contributed by atoms with Crippen LogP contribution in [0.15, 0.2) is 29.3 Å². The molecule has 5 rings (SSSR count). The Balaban J connectivity index is 1.42. The van der Waals surface area contributed by atoms with Crippen LogP contribution in [0.1, 0.15) is 37.7 Å². The third-order valence-electron chi connectivity index (χ3n) is 7.06. The first-order chi connectivity index (χ1) is 9.74. The smallest absolute Gasteiger partial charge is 0.139 e. The SMILES string of the molecule is Bc1cccc(/C=N/C2C3CC4CC5CC2CC45C3)c1. The van der Waals surface area contributed by atoms with Gasteiger partial charge in [0, 0.05) is 6.21 Å². The molecule has 1 aromatic carbocycles. The zero-order valence-electron chi connectivity index (χ0n) is 12.3. The van der Waals surface area contributed by atoms with Crippen molar-refractivity contribution < 1.29 is 0 Å². The van der Waals surface area contributed by atoms with Gasteiger partial charge in [-0.2, -0.15) is 0 Å². The van der Waals surface area contributed by atoms with Crippen LogP contribution in [0.2, 0.25) is 0 Å². The van der Waals surface area contributed by atoms with Crippen molar-refractivity contribution in [3.05, 3.63) is 29.8 Å². The van der Waals surface area contributed by atoms with Crippen molar-refractivity contribution in [2.24, 2.45) is 34.1 Å². The van der Waals surface area contributed by atoms with Crippen LogP contribution in [0.3, 0.4) is 0 Å². The maximum Gasteiger partial charge on any atom is 0.139 e. The second-order valence-electron chi connectivity index (χ2n) is 7.95. The Labute approximate surface area is 122 Å². The summed E-state index contributed by atoms with van der Waals surface area (Å²) in [7, 11) is 2.16. The van der Waals surface area contributed by atoms with Gasteiger partial charge < -0.3 is 0 Å². The fourth-order valence-corrected chi connectivity index (χ4v) is 6.34. The van der Waals surface area contributed by atoms with Crippen LogP contribution < -0.4 is 5.46 Å². The van der Waals surface area contributed by atoms with E-state index in [1.54, 1.807) is 6.42 Å². The van der Waals surface area contributed by atoms with Crippen LogP contribution in [0.4, 0.5) is 0 Å². The van der Waals surface area contributed by atoms with Gasteiger partial charge in [-0.05, 0) is 66.8 Å². The minimum atomic E-state index is 0.638. The van der Waals surface area contributed by atoms with E-state index in [0.717, 1.165) is 29.1 Å². The number of aliphatic imine (C=N–C) groups is 1. The molecule has 4 aliphatic rings. The molecule has 1 nitrogen and oxygen atoms in total. The molecule has 0 radical (unpaired) electrons. The van der Waals surface area contributed by atoms with Gasteiger partial charge in [0.05, 0.1) is 6.04 Å². The minimum absolute atomic E-state index is 0.638. The monoisotopic (exact) mass is 263 g/mol. The Hall–Kier alpha value is -1.05. The summed E-state index contributed by atoms with van der Waals surface area (Å²) in [4.78, 5) is 5.08. The van der Waals surface area contributed by atoms with Gasteiger partial charge in [0.1, 0.15) is 7.85 Å². The normalized spacial score (nSPS) is 47.7. The zero-order valence-corrected chi connectivity index (χ0v) is 12.3. The van der Waals surface area contributed by atoms with Gasteiger partial charge in [0.25, 0.3) is 0 Å². The molecule has 1 aromatic rings. The zero-order chi connectivity index (χ0) is 13.3. The molecule has 0 aliphatic heterocycles. The summed E-state index contributed by atoms with van der Waals surface area (Å²) in [6.45, 7) is 0. The van der Waals surface area contributed by atoms with Gasteiger partial charge in [-0.15, -0.1) is 0 Å². The maximum atomic E-state index is 5.08. The lowest BCUT2D eigenvalue weighted by Gasteiger charge is -2.49. The molecule has 2 heteroatoms. The molecule has 4 fully saturated rings. The molecule has 4 atom stereocenters. The molecule has 0 aromatic heterocycles. The summed E-state index contributed by atoms with van der Waals surface area (Å²) in [5, 5.41) is 0. The second kappa shape index (κ2) is 3.78. The Kier molecular flexibility index (Phi) is 2.19. The third-order valence-corrected chi connectivity index (χ3v) is 7.06. The van der Waals surface area contributed by atoms with E-state index in [9.17, 15) is 0 Å². The van der Waals surface area contributed by atoms with Gasteiger partial charge in [-0.1, -0.05) is 29.7 Å². The molecule has 4 saturated carbocycles. The fourth-order valence-electron chi connectivity index (χ4n) is 6.34. The Bertz CT molecular complexity index is 569. The number of benzene rings is 1. The van der Waals surface area contributed by atoms with E-state index in [2.05, 4.69) is 38.3 Å². The third kappa shape index (κ3) is 1.38. The lowest BCUT2D eigenvalue weighted by Crippen LogP contribution is -2.42. The molecule has 102 valence electrons. The van der Waals surface area contributed by atoms with Crippen molar-refractivity contribution >= 4 is 19.5 Å². The summed E-state index contributed by atoms with van der Waals surface area (Å²) in [6.07, 6.45) is 9.71. The number of rotatable bonds is 2. The molecule has 3 bridgehead atoms. The van der Waals surface area contributed by atoms with Crippen LogP contribution in [0, 0.1) is 29.1 Å². The van der Waals surface area contributed by atoms with E-state index < -0.39 is 0 Å². The first kappa shape index (κ1) is 11.6. The summed E-state index contributed by atoms with van der Waals surface area (Å²) in [5.41, 5.74) is 3.44. The molecular formula is C18H22BN. The van der Waals surface area contributed by atoms with E-state index in [0.29, 0.717) is 6.04 Å². The Morgan fingerprint density at radius 3 is 2.55 bits per heavy atom. The molecular weight excluding hydrogens is 241 g/mol.